The maximum atomic E-state index is 10.0. The number of aliphatic hydroxyl groups excluding tert-OH is 3. The summed E-state index contributed by atoms with van der Waals surface area (Å²) in [5, 5.41) is 36.3. The minimum atomic E-state index is -1.17. The van der Waals surface area contributed by atoms with Crippen molar-refractivity contribution in [1.29, 1.82) is 0 Å². The Balaban J connectivity index is 2.09. The molecule has 0 radical (unpaired) electrons. The van der Waals surface area contributed by atoms with Crippen LogP contribution in [0.5, 0.6) is 0 Å². The lowest BCUT2D eigenvalue weighted by molar-refractivity contribution is -0.0235. The molecule has 1 saturated heterocycles. The first-order valence-corrected chi connectivity index (χ1v) is 6.43. The molecule has 1 aliphatic rings. The highest BCUT2D eigenvalue weighted by atomic mass is 32.1. The summed E-state index contributed by atoms with van der Waals surface area (Å²) in [6.45, 7) is -0.386. The first-order chi connectivity index (χ1) is 9.52. The molecule has 0 amide bonds. The standard InChI is InChI=1S/C11H14N4O4S/c12-5-1-3-6(14-15-7(3)11(20)13-5)10-9(18)8(17)4(2-16)19-10/h1,4,8-10,16-18H,2H2,(H,14,15)(H3,12,13,20)/t4-,8+,9+,10-/m0/s1. The average molecular weight is 298 g/mol. The second kappa shape index (κ2) is 4.79. The Morgan fingerprint density at radius 1 is 1.40 bits per heavy atom. The number of nitrogens with one attached hydrogen (secondary N) is 2. The van der Waals surface area contributed by atoms with E-state index in [2.05, 4.69) is 15.2 Å². The summed E-state index contributed by atoms with van der Waals surface area (Å²) in [5.41, 5.74) is 6.68. The molecular formula is C11H14N4O4S. The Hall–Kier alpha value is -1.52. The summed E-state index contributed by atoms with van der Waals surface area (Å²) >= 11 is 5.12. The van der Waals surface area contributed by atoms with Gasteiger partial charge in [-0.2, -0.15) is 5.10 Å². The minimum absolute atomic E-state index is 0.358. The number of fused-ring (bicyclic) bond motifs is 1. The van der Waals surface area contributed by atoms with Crippen LogP contribution in [-0.2, 0) is 4.74 Å². The lowest BCUT2D eigenvalue weighted by atomic mass is 10.0. The largest absolute Gasteiger partial charge is 0.394 e. The van der Waals surface area contributed by atoms with Gasteiger partial charge in [-0.05, 0) is 6.07 Å². The summed E-state index contributed by atoms with van der Waals surface area (Å²) < 4.78 is 5.83. The Morgan fingerprint density at radius 3 is 2.80 bits per heavy atom. The second-order valence-corrected chi connectivity index (χ2v) is 5.12. The fourth-order valence-corrected chi connectivity index (χ4v) is 2.69. The molecule has 9 heteroatoms. The van der Waals surface area contributed by atoms with Crippen molar-refractivity contribution in [2.45, 2.75) is 24.4 Å². The molecule has 0 aromatic carbocycles. The molecule has 2 aromatic heterocycles. The molecule has 4 atom stereocenters. The summed E-state index contributed by atoms with van der Waals surface area (Å²) in [7, 11) is 0. The number of nitrogens with zero attached hydrogens (tertiary/aromatic N) is 1. The van der Waals surface area contributed by atoms with E-state index in [0.29, 0.717) is 27.1 Å². The number of nitrogens with two attached hydrogens (primary N) is 1. The van der Waals surface area contributed by atoms with Crippen molar-refractivity contribution in [2.24, 2.45) is 0 Å². The van der Waals surface area contributed by atoms with Gasteiger partial charge in [0.05, 0.1) is 12.3 Å². The molecule has 2 aromatic rings. The predicted octanol–water partition coefficient (Wildman–Crippen LogP) is -0.643. The fourth-order valence-electron chi connectivity index (χ4n) is 2.42. The molecule has 0 aliphatic carbocycles. The summed E-state index contributed by atoms with van der Waals surface area (Å²) in [5.74, 6) is 0.358. The zero-order valence-electron chi connectivity index (χ0n) is 10.3. The monoisotopic (exact) mass is 298 g/mol. The van der Waals surface area contributed by atoms with E-state index in [1.807, 2.05) is 0 Å². The summed E-state index contributed by atoms with van der Waals surface area (Å²) in [4.78, 5) is 2.77. The molecule has 7 N–H and O–H groups in total. The van der Waals surface area contributed by atoms with Gasteiger partial charge < -0.3 is 30.8 Å². The van der Waals surface area contributed by atoms with Gasteiger partial charge in [0.25, 0.3) is 0 Å². The van der Waals surface area contributed by atoms with Crippen molar-refractivity contribution in [1.82, 2.24) is 15.2 Å². The fraction of sp³-hybridized carbons (Fsp3) is 0.455. The first-order valence-electron chi connectivity index (χ1n) is 6.02. The molecule has 8 nitrogen and oxygen atoms in total. The average Bonchev–Trinajstić information content (AvgIpc) is 2.93. The lowest BCUT2D eigenvalue weighted by Gasteiger charge is -2.13. The normalized spacial score (nSPS) is 30.1. The van der Waals surface area contributed by atoms with Crippen molar-refractivity contribution in [3.05, 3.63) is 16.4 Å². The molecule has 3 heterocycles. The van der Waals surface area contributed by atoms with Crippen molar-refractivity contribution < 1.29 is 20.1 Å². The molecule has 108 valence electrons. The summed E-state index contributed by atoms with van der Waals surface area (Å²) in [6.07, 6.45) is -4.01. The van der Waals surface area contributed by atoms with Gasteiger partial charge >= 0.3 is 0 Å². The number of pyridine rings is 1. The highest BCUT2D eigenvalue weighted by Crippen LogP contribution is 2.36. The maximum absolute atomic E-state index is 10.0. The number of hydrogen-bond acceptors (Lipinski definition) is 7. The van der Waals surface area contributed by atoms with Crippen LogP contribution >= 0.6 is 12.2 Å². The number of aromatic amines is 2. The smallest absolute Gasteiger partial charge is 0.133 e. The van der Waals surface area contributed by atoms with Crippen LogP contribution in [0.25, 0.3) is 10.9 Å². The van der Waals surface area contributed by atoms with E-state index in [9.17, 15) is 10.2 Å². The number of nitrogen functional groups attached to an aromatic ring is 1. The van der Waals surface area contributed by atoms with Crippen LogP contribution in [-0.4, -0.2) is 55.4 Å². The highest BCUT2D eigenvalue weighted by Gasteiger charge is 2.44. The van der Waals surface area contributed by atoms with Crippen molar-refractivity contribution >= 4 is 28.9 Å². The van der Waals surface area contributed by atoms with Crippen LogP contribution in [0, 0.1) is 4.64 Å². The Labute approximate surface area is 118 Å². The molecule has 0 saturated carbocycles. The molecule has 1 aliphatic heterocycles. The number of H-pyrrole nitrogens is 2. The number of hydrogen-bond donors (Lipinski definition) is 6. The molecule has 3 rings (SSSR count). The van der Waals surface area contributed by atoms with Crippen LogP contribution in [0.4, 0.5) is 5.82 Å². The van der Waals surface area contributed by atoms with Gasteiger partial charge in [0, 0.05) is 5.39 Å². The van der Waals surface area contributed by atoms with E-state index in [4.69, 9.17) is 27.8 Å². The van der Waals surface area contributed by atoms with E-state index >= 15 is 0 Å². The molecular weight excluding hydrogens is 284 g/mol. The molecule has 0 bridgehead atoms. The van der Waals surface area contributed by atoms with Crippen LogP contribution in [0.3, 0.4) is 0 Å². The number of aliphatic hydroxyl groups is 3. The molecule has 0 spiro atoms. The third kappa shape index (κ3) is 1.91. The Kier molecular flexibility index (Phi) is 3.22. The quantitative estimate of drug-likeness (QED) is 0.405. The van der Waals surface area contributed by atoms with Crippen molar-refractivity contribution in [3.8, 4) is 0 Å². The Bertz CT molecular complexity index is 699. The minimum Gasteiger partial charge on any atom is -0.394 e. The van der Waals surface area contributed by atoms with E-state index in [1.54, 1.807) is 6.07 Å². The molecule has 1 fully saturated rings. The number of ether oxygens (including phenoxy) is 1. The third-order valence-electron chi connectivity index (χ3n) is 3.43. The first kappa shape index (κ1) is 13.5. The number of rotatable bonds is 2. The van der Waals surface area contributed by atoms with Crippen LogP contribution in [0.15, 0.2) is 6.07 Å². The van der Waals surface area contributed by atoms with Gasteiger partial charge in [-0.25, -0.2) is 0 Å². The maximum Gasteiger partial charge on any atom is 0.133 e. The number of aromatic nitrogens is 3. The SMILES string of the molecule is Nc1cc2c([C@@H]3O[C@@H](CO)[C@@H](O)[C@H]3O)[nH]nc2c(=S)[nH]1. The molecule has 0 unspecified atom stereocenters. The van der Waals surface area contributed by atoms with Gasteiger partial charge in [-0.15, -0.1) is 0 Å². The van der Waals surface area contributed by atoms with Gasteiger partial charge in [0.2, 0.25) is 0 Å². The molecule has 20 heavy (non-hydrogen) atoms. The third-order valence-corrected chi connectivity index (χ3v) is 3.73. The van der Waals surface area contributed by atoms with Crippen LogP contribution < -0.4 is 5.73 Å². The van der Waals surface area contributed by atoms with E-state index in [1.165, 1.54) is 0 Å². The van der Waals surface area contributed by atoms with Crippen LogP contribution in [0.2, 0.25) is 0 Å². The van der Waals surface area contributed by atoms with E-state index < -0.39 is 24.4 Å². The van der Waals surface area contributed by atoms with Gasteiger partial charge in [0.15, 0.2) is 0 Å². The highest BCUT2D eigenvalue weighted by molar-refractivity contribution is 7.71. The Morgan fingerprint density at radius 2 is 2.15 bits per heavy atom. The van der Waals surface area contributed by atoms with Gasteiger partial charge in [0.1, 0.15) is 40.4 Å². The summed E-state index contributed by atoms with van der Waals surface area (Å²) in [6, 6.07) is 1.62. The topological polar surface area (TPSA) is 140 Å². The van der Waals surface area contributed by atoms with Gasteiger partial charge in [-0.3, -0.25) is 5.10 Å². The van der Waals surface area contributed by atoms with Crippen molar-refractivity contribution in [2.75, 3.05) is 12.3 Å². The van der Waals surface area contributed by atoms with Crippen LogP contribution in [0.1, 0.15) is 11.8 Å². The van der Waals surface area contributed by atoms with E-state index in [0.717, 1.165) is 0 Å². The number of anilines is 1. The predicted molar refractivity (Wildman–Crippen MR) is 72.4 cm³/mol. The van der Waals surface area contributed by atoms with E-state index in [-0.39, 0.29) is 6.61 Å². The van der Waals surface area contributed by atoms with Crippen molar-refractivity contribution in [3.63, 3.8) is 0 Å². The second-order valence-electron chi connectivity index (χ2n) is 4.71. The zero-order chi connectivity index (χ0) is 14.4. The zero-order valence-corrected chi connectivity index (χ0v) is 11.1. The van der Waals surface area contributed by atoms with Gasteiger partial charge in [-0.1, -0.05) is 12.2 Å². The lowest BCUT2D eigenvalue weighted by Crippen LogP contribution is -2.32.